The quantitative estimate of drug-likeness (QED) is 0.306. The topological polar surface area (TPSA) is 103 Å². The van der Waals surface area contributed by atoms with E-state index in [1.165, 1.54) is 0 Å². The fourth-order valence-corrected chi connectivity index (χ4v) is 3.05. The fourth-order valence-electron chi connectivity index (χ4n) is 3.05. The SMILES string of the molecule is CN(CCCCCCC(=O)NO)C(=O)c1ccc(C(O)Cc2ccccn2)cc1. The largest absolute Gasteiger partial charge is 0.388 e. The second-order valence-electron chi connectivity index (χ2n) is 7.09. The van der Waals surface area contributed by atoms with Crippen molar-refractivity contribution in [1.82, 2.24) is 15.4 Å². The monoisotopic (exact) mass is 399 g/mol. The Labute approximate surface area is 171 Å². The molecule has 1 aromatic heterocycles. The number of hydrogen-bond acceptors (Lipinski definition) is 5. The number of nitrogens with zero attached hydrogens (tertiary/aromatic N) is 2. The van der Waals surface area contributed by atoms with E-state index >= 15 is 0 Å². The number of amides is 2. The first-order valence-electron chi connectivity index (χ1n) is 9.87. The first-order valence-corrected chi connectivity index (χ1v) is 9.87. The van der Waals surface area contributed by atoms with E-state index in [4.69, 9.17) is 5.21 Å². The number of aromatic nitrogens is 1. The summed E-state index contributed by atoms with van der Waals surface area (Å²) in [6, 6.07) is 12.6. The lowest BCUT2D eigenvalue weighted by molar-refractivity contribution is -0.129. The minimum Gasteiger partial charge on any atom is -0.388 e. The van der Waals surface area contributed by atoms with Crippen LogP contribution in [0, 0.1) is 0 Å². The Kier molecular flexibility index (Phi) is 9.27. The van der Waals surface area contributed by atoms with E-state index in [2.05, 4.69) is 4.98 Å². The van der Waals surface area contributed by atoms with Gasteiger partial charge in [-0.25, -0.2) is 5.48 Å². The van der Waals surface area contributed by atoms with Gasteiger partial charge in [-0.2, -0.15) is 0 Å². The Morgan fingerprint density at radius 1 is 1.07 bits per heavy atom. The Balaban J connectivity index is 1.76. The Hall–Kier alpha value is -2.77. The van der Waals surface area contributed by atoms with Crippen LogP contribution in [0.15, 0.2) is 48.7 Å². The molecule has 0 fully saturated rings. The molecule has 0 radical (unpaired) electrons. The third-order valence-electron chi connectivity index (χ3n) is 4.79. The smallest absolute Gasteiger partial charge is 0.253 e. The zero-order valence-corrected chi connectivity index (χ0v) is 16.8. The highest BCUT2D eigenvalue weighted by Gasteiger charge is 2.14. The molecule has 0 saturated carbocycles. The van der Waals surface area contributed by atoms with Crippen molar-refractivity contribution in [2.75, 3.05) is 13.6 Å². The van der Waals surface area contributed by atoms with E-state index in [9.17, 15) is 14.7 Å². The van der Waals surface area contributed by atoms with Gasteiger partial charge >= 0.3 is 0 Å². The highest BCUT2D eigenvalue weighted by molar-refractivity contribution is 5.94. The van der Waals surface area contributed by atoms with E-state index in [0.29, 0.717) is 31.4 Å². The number of aliphatic hydroxyl groups excluding tert-OH is 1. The molecule has 3 N–H and O–H groups in total. The lowest BCUT2D eigenvalue weighted by Gasteiger charge is -2.18. The van der Waals surface area contributed by atoms with Crippen molar-refractivity contribution in [2.45, 2.75) is 44.6 Å². The summed E-state index contributed by atoms with van der Waals surface area (Å²) in [6.45, 7) is 0.634. The maximum Gasteiger partial charge on any atom is 0.253 e. The third kappa shape index (κ3) is 7.63. The van der Waals surface area contributed by atoms with E-state index in [1.807, 2.05) is 18.2 Å². The number of nitrogens with one attached hydrogen (secondary N) is 1. The summed E-state index contributed by atoms with van der Waals surface area (Å²) in [7, 11) is 1.77. The van der Waals surface area contributed by atoms with Crippen molar-refractivity contribution in [3.05, 3.63) is 65.5 Å². The van der Waals surface area contributed by atoms with Gasteiger partial charge in [0.15, 0.2) is 0 Å². The summed E-state index contributed by atoms with van der Waals surface area (Å²) >= 11 is 0. The molecular formula is C22H29N3O4. The molecule has 29 heavy (non-hydrogen) atoms. The van der Waals surface area contributed by atoms with Gasteiger partial charge in [-0.05, 0) is 42.7 Å². The average Bonchev–Trinajstić information content (AvgIpc) is 2.76. The van der Waals surface area contributed by atoms with Crippen molar-refractivity contribution >= 4 is 11.8 Å². The number of carbonyl (C=O) groups excluding carboxylic acids is 2. The van der Waals surface area contributed by atoms with Crippen LogP contribution in [0.5, 0.6) is 0 Å². The van der Waals surface area contributed by atoms with Gasteiger partial charge in [0.1, 0.15) is 0 Å². The minimum absolute atomic E-state index is 0.0598. The number of hydrogen-bond donors (Lipinski definition) is 3. The predicted molar refractivity (Wildman–Crippen MR) is 109 cm³/mol. The Bertz CT molecular complexity index is 765. The summed E-state index contributed by atoms with van der Waals surface area (Å²) in [4.78, 5) is 29.4. The third-order valence-corrected chi connectivity index (χ3v) is 4.79. The molecule has 2 amide bonds. The lowest BCUT2D eigenvalue weighted by atomic mass is 10.0. The van der Waals surface area contributed by atoms with Crippen LogP contribution in [-0.4, -0.2) is 45.6 Å². The number of aliphatic hydroxyl groups is 1. The van der Waals surface area contributed by atoms with Gasteiger partial charge in [-0.1, -0.05) is 31.0 Å². The van der Waals surface area contributed by atoms with Crippen molar-refractivity contribution < 1.29 is 19.9 Å². The molecule has 0 spiro atoms. The second kappa shape index (κ2) is 11.9. The molecule has 7 nitrogen and oxygen atoms in total. The normalized spacial score (nSPS) is 11.7. The molecule has 0 aliphatic rings. The van der Waals surface area contributed by atoms with Crippen LogP contribution in [-0.2, 0) is 11.2 Å². The van der Waals surface area contributed by atoms with E-state index in [-0.39, 0.29) is 11.8 Å². The summed E-state index contributed by atoms with van der Waals surface area (Å²) in [5, 5.41) is 18.8. The predicted octanol–water partition coefficient (Wildman–Crippen LogP) is 2.89. The van der Waals surface area contributed by atoms with Crippen LogP contribution in [0.1, 0.15) is 59.8 Å². The highest BCUT2D eigenvalue weighted by atomic mass is 16.5. The fraction of sp³-hybridized carbons (Fsp3) is 0.409. The van der Waals surface area contributed by atoms with Crippen molar-refractivity contribution in [3.8, 4) is 0 Å². The van der Waals surface area contributed by atoms with Crippen LogP contribution in [0.4, 0.5) is 0 Å². The number of unbranched alkanes of at least 4 members (excludes halogenated alkanes) is 3. The van der Waals surface area contributed by atoms with Crippen LogP contribution in [0.2, 0.25) is 0 Å². The number of pyridine rings is 1. The zero-order valence-electron chi connectivity index (χ0n) is 16.8. The van der Waals surface area contributed by atoms with Gasteiger partial charge in [0, 0.05) is 43.9 Å². The van der Waals surface area contributed by atoms with Crippen LogP contribution >= 0.6 is 0 Å². The maximum atomic E-state index is 12.5. The number of hydroxylamine groups is 1. The molecule has 7 heteroatoms. The molecule has 1 atom stereocenters. The maximum absolute atomic E-state index is 12.5. The second-order valence-corrected chi connectivity index (χ2v) is 7.09. The lowest BCUT2D eigenvalue weighted by Crippen LogP contribution is -2.27. The van der Waals surface area contributed by atoms with Gasteiger partial charge in [0.05, 0.1) is 6.10 Å². The van der Waals surface area contributed by atoms with Crippen molar-refractivity contribution in [2.24, 2.45) is 0 Å². The summed E-state index contributed by atoms with van der Waals surface area (Å²) in [5.41, 5.74) is 3.77. The van der Waals surface area contributed by atoms with Crippen LogP contribution in [0.25, 0.3) is 0 Å². The molecular weight excluding hydrogens is 370 g/mol. The first kappa shape index (κ1) is 22.5. The first-order chi connectivity index (χ1) is 14.0. The summed E-state index contributed by atoms with van der Waals surface area (Å²) < 4.78 is 0. The molecule has 2 aromatic rings. The van der Waals surface area contributed by atoms with Gasteiger partial charge in [-0.15, -0.1) is 0 Å². The van der Waals surface area contributed by atoms with Crippen molar-refractivity contribution in [1.29, 1.82) is 0 Å². The van der Waals surface area contributed by atoms with Gasteiger partial charge in [0.25, 0.3) is 5.91 Å². The molecule has 1 aromatic carbocycles. The highest BCUT2D eigenvalue weighted by Crippen LogP contribution is 2.18. The van der Waals surface area contributed by atoms with Crippen molar-refractivity contribution in [3.63, 3.8) is 0 Å². The Morgan fingerprint density at radius 2 is 1.79 bits per heavy atom. The van der Waals surface area contributed by atoms with Gasteiger partial charge < -0.3 is 10.0 Å². The number of carbonyl (C=O) groups is 2. The minimum atomic E-state index is -0.667. The standard InChI is InChI=1S/C22H29N3O4/c1-25(15-7-3-2-4-9-21(27)24-29)22(28)18-12-10-17(11-13-18)20(26)16-19-8-5-6-14-23-19/h5-6,8,10-14,20,26,29H,2-4,7,9,15-16H2,1H3,(H,24,27). The van der Waals surface area contributed by atoms with E-state index < -0.39 is 6.10 Å². The number of benzene rings is 1. The Morgan fingerprint density at radius 3 is 2.45 bits per heavy atom. The molecule has 156 valence electrons. The summed E-state index contributed by atoms with van der Waals surface area (Å²) in [5.74, 6) is -0.429. The molecule has 1 unspecified atom stereocenters. The zero-order chi connectivity index (χ0) is 21.1. The molecule has 0 bridgehead atoms. The van der Waals surface area contributed by atoms with E-state index in [1.54, 1.807) is 47.9 Å². The summed E-state index contributed by atoms with van der Waals surface area (Å²) in [6.07, 6.45) is 5.12. The van der Waals surface area contributed by atoms with Gasteiger partial charge in [-0.3, -0.25) is 19.8 Å². The average molecular weight is 399 g/mol. The molecule has 2 rings (SSSR count). The number of rotatable bonds is 11. The molecule has 1 heterocycles. The molecule has 0 saturated heterocycles. The molecule has 0 aliphatic heterocycles. The van der Waals surface area contributed by atoms with Crippen LogP contribution in [0.3, 0.4) is 0 Å². The molecule has 0 aliphatic carbocycles. The van der Waals surface area contributed by atoms with Gasteiger partial charge in [0.2, 0.25) is 5.91 Å². The van der Waals surface area contributed by atoms with E-state index in [0.717, 1.165) is 30.5 Å². The van der Waals surface area contributed by atoms with Crippen LogP contribution < -0.4 is 5.48 Å².